The molecule has 1 aliphatic rings. The number of hydrogen-bond donors (Lipinski definition) is 1. The van der Waals surface area contributed by atoms with Crippen LogP contribution in [-0.2, 0) is 27.8 Å². The summed E-state index contributed by atoms with van der Waals surface area (Å²) >= 11 is 6.94. The number of carbonyl (C=O) groups is 1. The Balaban J connectivity index is 1.45. The van der Waals surface area contributed by atoms with Crippen molar-refractivity contribution in [3.63, 3.8) is 0 Å². The standard InChI is InChI=1S/C20H25ClN2O3S2/c1-2-15-3-5-17(6-4-15)14-22-19(24)13-16-9-11-23(12-10-16)28(25,26)20-8-7-18(21)27-20/h3-8,16H,2,9-14H2,1H3,(H,22,24). The van der Waals surface area contributed by atoms with Crippen molar-refractivity contribution in [3.8, 4) is 0 Å². The number of hydrogen-bond acceptors (Lipinski definition) is 4. The van der Waals surface area contributed by atoms with E-state index in [9.17, 15) is 13.2 Å². The largest absolute Gasteiger partial charge is 0.352 e. The molecule has 1 aromatic carbocycles. The molecule has 0 aliphatic carbocycles. The number of halogens is 1. The second kappa shape index (κ2) is 9.39. The molecule has 1 amide bonds. The quantitative estimate of drug-likeness (QED) is 0.705. The van der Waals surface area contributed by atoms with Crippen LogP contribution in [0.2, 0.25) is 4.34 Å². The summed E-state index contributed by atoms with van der Waals surface area (Å²) < 4.78 is 27.5. The minimum absolute atomic E-state index is 0.0194. The van der Waals surface area contributed by atoms with Crippen LogP contribution < -0.4 is 5.32 Å². The summed E-state index contributed by atoms with van der Waals surface area (Å²) in [6, 6.07) is 11.4. The van der Waals surface area contributed by atoms with Crippen molar-refractivity contribution in [2.75, 3.05) is 13.1 Å². The molecule has 5 nitrogen and oxygen atoms in total. The van der Waals surface area contributed by atoms with Gasteiger partial charge in [-0.25, -0.2) is 8.42 Å². The topological polar surface area (TPSA) is 66.5 Å². The first-order valence-electron chi connectivity index (χ1n) is 9.48. The van der Waals surface area contributed by atoms with Gasteiger partial charge in [0.25, 0.3) is 10.0 Å². The van der Waals surface area contributed by atoms with E-state index in [1.54, 1.807) is 12.1 Å². The van der Waals surface area contributed by atoms with E-state index in [0.29, 0.717) is 43.2 Å². The molecule has 2 heterocycles. The third-order valence-electron chi connectivity index (χ3n) is 5.11. The summed E-state index contributed by atoms with van der Waals surface area (Å²) in [5.41, 5.74) is 2.36. The Morgan fingerprint density at radius 2 is 1.79 bits per heavy atom. The molecule has 0 radical (unpaired) electrons. The number of carbonyl (C=O) groups excluding carboxylic acids is 1. The zero-order chi connectivity index (χ0) is 20.1. The van der Waals surface area contributed by atoms with Crippen LogP contribution in [0, 0.1) is 5.92 Å². The number of sulfonamides is 1. The third-order valence-corrected chi connectivity index (χ3v) is 8.71. The highest BCUT2D eigenvalue weighted by Crippen LogP contribution is 2.31. The van der Waals surface area contributed by atoms with Gasteiger partial charge >= 0.3 is 0 Å². The predicted molar refractivity (Wildman–Crippen MR) is 113 cm³/mol. The lowest BCUT2D eigenvalue weighted by atomic mass is 9.94. The average Bonchev–Trinajstić information content (AvgIpc) is 3.14. The molecule has 0 spiro atoms. The first-order chi connectivity index (χ1) is 13.4. The first-order valence-corrected chi connectivity index (χ1v) is 12.1. The number of nitrogens with zero attached hydrogens (tertiary/aromatic N) is 1. The summed E-state index contributed by atoms with van der Waals surface area (Å²) in [6.45, 7) is 3.51. The van der Waals surface area contributed by atoms with Gasteiger partial charge in [0, 0.05) is 26.1 Å². The number of rotatable bonds is 7. The maximum atomic E-state index is 12.6. The van der Waals surface area contributed by atoms with E-state index in [1.807, 2.05) is 12.1 Å². The molecule has 1 aliphatic heterocycles. The molecule has 0 saturated carbocycles. The molecule has 152 valence electrons. The van der Waals surface area contributed by atoms with E-state index in [0.717, 1.165) is 23.3 Å². The highest BCUT2D eigenvalue weighted by Gasteiger charge is 2.31. The summed E-state index contributed by atoms with van der Waals surface area (Å²) in [5.74, 6) is 0.228. The predicted octanol–water partition coefficient (Wildman–Crippen LogP) is 4.07. The van der Waals surface area contributed by atoms with Crippen LogP contribution in [0.5, 0.6) is 0 Å². The Morgan fingerprint density at radius 3 is 2.36 bits per heavy atom. The Labute approximate surface area is 175 Å². The van der Waals surface area contributed by atoms with E-state index in [4.69, 9.17) is 11.6 Å². The van der Waals surface area contributed by atoms with Crippen LogP contribution in [0.3, 0.4) is 0 Å². The highest BCUT2D eigenvalue weighted by molar-refractivity contribution is 7.91. The number of benzene rings is 1. The van der Waals surface area contributed by atoms with E-state index in [1.165, 1.54) is 9.87 Å². The van der Waals surface area contributed by atoms with Crippen molar-refractivity contribution < 1.29 is 13.2 Å². The molecule has 0 bridgehead atoms. The maximum Gasteiger partial charge on any atom is 0.252 e. The lowest BCUT2D eigenvalue weighted by molar-refractivity contribution is -0.122. The fraction of sp³-hybridized carbons (Fsp3) is 0.450. The molecule has 8 heteroatoms. The third kappa shape index (κ3) is 5.35. The first kappa shape index (κ1) is 21.3. The highest BCUT2D eigenvalue weighted by atomic mass is 35.5. The fourth-order valence-corrected chi connectivity index (χ4v) is 6.45. The van der Waals surface area contributed by atoms with Gasteiger partial charge in [-0.05, 0) is 48.4 Å². The fourth-order valence-electron chi connectivity index (χ4n) is 3.35. The van der Waals surface area contributed by atoms with Crippen LogP contribution >= 0.6 is 22.9 Å². The number of nitrogens with one attached hydrogen (secondary N) is 1. The average molecular weight is 441 g/mol. The Kier molecular flexibility index (Phi) is 7.15. The monoisotopic (exact) mass is 440 g/mol. The number of amides is 1. The molecule has 2 aromatic rings. The van der Waals surface area contributed by atoms with Crippen LogP contribution in [0.15, 0.2) is 40.6 Å². The minimum Gasteiger partial charge on any atom is -0.352 e. The summed E-state index contributed by atoms with van der Waals surface area (Å²) in [7, 11) is -3.48. The van der Waals surface area contributed by atoms with E-state index < -0.39 is 10.0 Å². The van der Waals surface area contributed by atoms with Gasteiger partial charge < -0.3 is 5.32 Å². The van der Waals surface area contributed by atoms with Gasteiger partial charge in [0.2, 0.25) is 5.91 Å². The smallest absolute Gasteiger partial charge is 0.252 e. The van der Waals surface area contributed by atoms with Crippen LogP contribution in [0.25, 0.3) is 0 Å². The van der Waals surface area contributed by atoms with Crippen molar-refractivity contribution in [2.45, 2.75) is 43.4 Å². The van der Waals surface area contributed by atoms with Gasteiger partial charge in [0.1, 0.15) is 4.21 Å². The van der Waals surface area contributed by atoms with E-state index in [2.05, 4.69) is 24.4 Å². The van der Waals surface area contributed by atoms with Crippen molar-refractivity contribution in [2.24, 2.45) is 5.92 Å². The number of piperidine rings is 1. The SMILES string of the molecule is CCc1ccc(CNC(=O)CC2CCN(S(=O)(=O)c3ccc(Cl)s3)CC2)cc1. The van der Waals surface area contributed by atoms with Crippen LogP contribution in [0.1, 0.15) is 37.3 Å². The van der Waals surface area contributed by atoms with Crippen molar-refractivity contribution in [3.05, 3.63) is 51.9 Å². The lowest BCUT2D eigenvalue weighted by Gasteiger charge is -2.30. The molecule has 1 fully saturated rings. The normalized spacial score (nSPS) is 16.2. The van der Waals surface area contributed by atoms with Crippen LogP contribution in [0.4, 0.5) is 0 Å². The van der Waals surface area contributed by atoms with Crippen LogP contribution in [-0.4, -0.2) is 31.7 Å². The summed E-state index contributed by atoms with van der Waals surface area (Å²) in [4.78, 5) is 12.3. The molecule has 0 atom stereocenters. The molecule has 1 aromatic heterocycles. The Bertz CT molecular complexity index is 902. The Hall–Kier alpha value is -1.41. The second-order valence-electron chi connectivity index (χ2n) is 7.06. The van der Waals surface area contributed by atoms with Crippen molar-refractivity contribution >= 4 is 38.9 Å². The van der Waals surface area contributed by atoms with Gasteiger partial charge in [-0.15, -0.1) is 11.3 Å². The zero-order valence-corrected chi connectivity index (χ0v) is 18.2. The molecule has 1 N–H and O–H groups in total. The molecule has 0 unspecified atom stereocenters. The van der Waals surface area contributed by atoms with Crippen molar-refractivity contribution in [1.29, 1.82) is 0 Å². The molecular formula is C20H25ClN2O3S2. The maximum absolute atomic E-state index is 12.6. The van der Waals surface area contributed by atoms with Gasteiger partial charge in [-0.1, -0.05) is 42.8 Å². The zero-order valence-electron chi connectivity index (χ0n) is 15.9. The number of thiophene rings is 1. The molecule has 1 saturated heterocycles. The summed E-state index contributed by atoms with van der Waals surface area (Å²) in [6.07, 6.45) is 2.82. The minimum atomic E-state index is -3.48. The molecular weight excluding hydrogens is 416 g/mol. The lowest BCUT2D eigenvalue weighted by Crippen LogP contribution is -2.39. The van der Waals surface area contributed by atoms with E-state index in [-0.39, 0.29) is 16.0 Å². The van der Waals surface area contributed by atoms with Gasteiger partial charge in [-0.2, -0.15) is 4.31 Å². The van der Waals surface area contributed by atoms with Gasteiger partial charge in [-0.3, -0.25) is 4.79 Å². The molecule has 28 heavy (non-hydrogen) atoms. The van der Waals surface area contributed by atoms with Gasteiger partial charge in [0.05, 0.1) is 4.34 Å². The van der Waals surface area contributed by atoms with Crippen molar-refractivity contribution in [1.82, 2.24) is 9.62 Å². The van der Waals surface area contributed by atoms with Gasteiger partial charge in [0.15, 0.2) is 0 Å². The number of aryl methyl sites for hydroxylation is 1. The second-order valence-corrected chi connectivity index (χ2v) is 10.9. The summed E-state index contributed by atoms with van der Waals surface area (Å²) in [5, 5.41) is 2.97. The Morgan fingerprint density at radius 1 is 1.14 bits per heavy atom. The van der Waals surface area contributed by atoms with E-state index >= 15 is 0 Å². The molecule has 3 rings (SSSR count).